The zero-order chi connectivity index (χ0) is 11.8. The van der Waals surface area contributed by atoms with Crippen molar-refractivity contribution in [2.75, 3.05) is 6.79 Å². The van der Waals surface area contributed by atoms with E-state index in [1.807, 2.05) is 0 Å². The van der Waals surface area contributed by atoms with E-state index < -0.39 is 11.7 Å². The second-order valence-corrected chi connectivity index (χ2v) is 3.20. The Morgan fingerprint density at radius 2 is 1.88 bits per heavy atom. The Hall–Kier alpha value is -1.90. The van der Waals surface area contributed by atoms with Crippen molar-refractivity contribution in [3.8, 4) is 17.6 Å². The lowest BCUT2D eigenvalue weighted by atomic mass is 10.0. The SMILES string of the molecule is N#CCc1cc2c(cc1C(F)(F)F)OCO2. The summed E-state index contributed by atoms with van der Waals surface area (Å²) in [6, 6.07) is 3.76. The van der Waals surface area contributed by atoms with Crippen LogP contribution in [0.1, 0.15) is 11.1 Å². The first-order valence-corrected chi connectivity index (χ1v) is 4.39. The molecule has 2 rings (SSSR count). The number of nitriles is 1. The van der Waals surface area contributed by atoms with Crippen molar-refractivity contribution in [2.24, 2.45) is 0 Å². The predicted octanol–water partition coefficient (Wildman–Crippen LogP) is 2.50. The summed E-state index contributed by atoms with van der Waals surface area (Å²) >= 11 is 0. The fourth-order valence-corrected chi connectivity index (χ4v) is 1.48. The summed E-state index contributed by atoms with van der Waals surface area (Å²) in [7, 11) is 0. The summed E-state index contributed by atoms with van der Waals surface area (Å²) < 4.78 is 47.7. The molecule has 0 saturated heterocycles. The standard InChI is InChI=1S/C10H6F3NO2/c11-10(12,13)7-4-9-8(15-5-16-9)3-6(7)1-2-14/h3-4H,1,5H2. The molecule has 0 amide bonds. The van der Waals surface area contributed by atoms with Gasteiger partial charge in [-0.15, -0.1) is 0 Å². The molecule has 0 aliphatic carbocycles. The lowest BCUT2D eigenvalue weighted by molar-refractivity contribution is -0.138. The molecule has 16 heavy (non-hydrogen) atoms. The molecule has 0 spiro atoms. The highest BCUT2D eigenvalue weighted by molar-refractivity contribution is 5.50. The smallest absolute Gasteiger partial charge is 0.416 e. The highest BCUT2D eigenvalue weighted by atomic mass is 19.4. The molecule has 84 valence electrons. The van der Waals surface area contributed by atoms with Crippen LogP contribution in [-0.4, -0.2) is 6.79 Å². The van der Waals surface area contributed by atoms with Crippen LogP contribution in [0.3, 0.4) is 0 Å². The Balaban J connectivity index is 2.54. The van der Waals surface area contributed by atoms with Crippen LogP contribution in [0.4, 0.5) is 13.2 Å². The molecule has 0 atom stereocenters. The number of hydrogen-bond acceptors (Lipinski definition) is 3. The second kappa shape index (κ2) is 3.59. The van der Waals surface area contributed by atoms with Gasteiger partial charge in [-0.2, -0.15) is 18.4 Å². The Morgan fingerprint density at radius 1 is 1.25 bits per heavy atom. The molecule has 0 N–H and O–H groups in total. The van der Waals surface area contributed by atoms with Gasteiger partial charge in [0.25, 0.3) is 0 Å². The van der Waals surface area contributed by atoms with Gasteiger partial charge in [0.05, 0.1) is 18.1 Å². The first kappa shape index (κ1) is 10.6. The van der Waals surface area contributed by atoms with Crippen LogP contribution in [-0.2, 0) is 12.6 Å². The highest BCUT2D eigenvalue weighted by Gasteiger charge is 2.35. The molecule has 1 aliphatic rings. The minimum atomic E-state index is -4.49. The number of benzene rings is 1. The van der Waals surface area contributed by atoms with Gasteiger partial charge >= 0.3 is 6.18 Å². The van der Waals surface area contributed by atoms with Crippen LogP contribution in [0.25, 0.3) is 0 Å². The zero-order valence-electron chi connectivity index (χ0n) is 7.97. The summed E-state index contributed by atoms with van der Waals surface area (Å²) in [6.07, 6.45) is -4.81. The topological polar surface area (TPSA) is 42.2 Å². The maximum atomic E-state index is 12.6. The van der Waals surface area contributed by atoms with Crippen LogP contribution < -0.4 is 9.47 Å². The van der Waals surface area contributed by atoms with Crippen molar-refractivity contribution in [1.82, 2.24) is 0 Å². The van der Waals surface area contributed by atoms with Gasteiger partial charge in [0, 0.05) is 0 Å². The molecular weight excluding hydrogens is 223 g/mol. The summed E-state index contributed by atoms with van der Waals surface area (Å²) in [5.41, 5.74) is -0.947. The fraction of sp³-hybridized carbons (Fsp3) is 0.300. The van der Waals surface area contributed by atoms with Gasteiger partial charge in [0.1, 0.15) is 0 Å². The van der Waals surface area contributed by atoms with Crippen molar-refractivity contribution in [3.05, 3.63) is 23.3 Å². The van der Waals surface area contributed by atoms with Gasteiger partial charge in [-0.25, -0.2) is 0 Å². The van der Waals surface area contributed by atoms with E-state index in [-0.39, 0.29) is 30.3 Å². The van der Waals surface area contributed by atoms with Crippen molar-refractivity contribution in [3.63, 3.8) is 0 Å². The second-order valence-electron chi connectivity index (χ2n) is 3.20. The molecule has 0 bridgehead atoms. The van der Waals surface area contributed by atoms with Crippen LogP contribution >= 0.6 is 0 Å². The molecule has 1 aromatic carbocycles. The molecular formula is C10H6F3NO2. The van der Waals surface area contributed by atoms with E-state index in [0.29, 0.717) is 0 Å². The van der Waals surface area contributed by atoms with Gasteiger partial charge in [-0.05, 0) is 17.7 Å². The number of halogens is 3. The number of ether oxygens (including phenoxy) is 2. The van der Waals surface area contributed by atoms with Gasteiger partial charge in [0.2, 0.25) is 6.79 Å². The Morgan fingerprint density at radius 3 is 2.44 bits per heavy atom. The minimum absolute atomic E-state index is 0.0639. The molecule has 1 heterocycles. The third-order valence-corrected chi connectivity index (χ3v) is 2.17. The normalized spacial score (nSPS) is 13.6. The van der Waals surface area contributed by atoms with E-state index in [4.69, 9.17) is 14.7 Å². The summed E-state index contributed by atoms with van der Waals surface area (Å²) in [4.78, 5) is 0. The van der Waals surface area contributed by atoms with Crippen LogP contribution in [0.5, 0.6) is 11.5 Å². The lowest BCUT2D eigenvalue weighted by Gasteiger charge is -2.11. The summed E-state index contributed by atoms with van der Waals surface area (Å²) in [6.45, 7) is -0.0946. The molecule has 0 aromatic heterocycles. The first-order chi connectivity index (χ1) is 7.52. The number of nitrogens with zero attached hydrogens (tertiary/aromatic N) is 1. The quantitative estimate of drug-likeness (QED) is 0.742. The number of alkyl halides is 3. The van der Waals surface area contributed by atoms with Gasteiger partial charge in [0.15, 0.2) is 11.5 Å². The minimum Gasteiger partial charge on any atom is -0.454 e. The summed E-state index contributed by atoms with van der Waals surface area (Å²) in [5, 5.41) is 8.47. The molecule has 0 radical (unpaired) electrons. The summed E-state index contributed by atoms with van der Waals surface area (Å²) in [5.74, 6) is 0.312. The molecule has 1 aliphatic heterocycles. The van der Waals surface area contributed by atoms with Gasteiger partial charge < -0.3 is 9.47 Å². The van der Waals surface area contributed by atoms with Crippen LogP contribution in [0, 0.1) is 11.3 Å². The lowest BCUT2D eigenvalue weighted by Crippen LogP contribution is -2.09. The molecule has 0 saturated carbocycles. The maximum Gasteiger partial charge on any atom is 0.416 e. The Bertz CT molecular complexity index is 462. The molecule has 1 aromatic rings. The van der Waals surface area contributed by atoms with Crippen molar-refractivity contribution >= 4 is 0 Å². The monoisotopic (exact) mass is 229 g/mol. The number of hydrogen-bond donors (Lipinski definition) is 0. The van der Waals surface area contributed by atoms with Crippen LogP contribution in [0.15, 0.2) is 12.1 Å². The predicted molar refractivity (Wildman–Crippen MR) is 46.9 cm³/mol. The van der Waals surface area contributed by atoms with E-state index in [2.05, 4.69) is 0 Å². The molecule has 0 fully saturated rings. The molecule has 6 heteroatoms. The van der Waals surface area contributed by atoms with Crippen molar-refractivity contribution in [1.29, 1.82) is 5.26 Å². The number of fused-ring (bicyclic) bond motifs is 1. The molecule has 3 nitrogen and oxygen atoms in total. The Labute approximate surface area is 89.0 Å². The van der Waals surface area contributed by atoms with E-state index in [0.717, 1.165) is 6.07 Å². The average molecular weight is 229 g/mol. The Kier molecular flexibility index (Phi) is 2.38. The van der Waals surface area contributed by atoms with Gasteiger partial charge in [-0.1, -0.05) is 0 Å². The first-order valence-electron chi connectivity index (χ1n) is 4.39. The van der Waals surface area contributed by atoms with E-state index in [9.17, 15) is 13.2 Å². The highest BCUT2D eigenvalue weighted by Crippen LogP contribution is 2.41. The van der Waals surface area contributed by atoms with E-state index >= 15 is 0 Å². The van der Waals surface area contributed by atoms with E-state index in [1.165, 1.54) is 6.07 Å². The maximum absolute atomic E-state index is 12.6. The molecule has 0 unspecified atom stereocenters. The van der Waals surface area contributed by atoms with E-state index in [1.54, 1.807) is 6.07 Å². The zero-order valence-corrected chi connectivity index (χ0v) is 7.97. The third-order valence-electron chi connectivity index (χ3n) is 2.17. The third kappa shape index (κ3) is 1.76. The average Bonchev–Trinajstić information content (AvgIpc) is 2.62. The van der Waals surface area contributed by atoms with Crippen molar-refractivity contribution < 1.29 is 22.6 Å². The van der Waals surface area contributed by atoms with Gasteiger partial charge in [-0.3, -0.25) is 0 Å². The fourth-order valence-electron chi connectivity index (χ4n) is 1.48. The van der Waals surface area contributed by atoms with Crippen LogP contribution in [0.2, 0.25) is 0 Å². The largest absolute Gasteiger partial charge is 0.454 e. The van der Waals surface area contributed by atoms with Crippen molar-refractivity contribution in [2.45, 2.75) is 12.6 Å². The number of rotatable bonds is 1.